The summed E-state index contributed by atoms with van der Waals surface area (Å²) in [5.74, 6) is -0.211. The monoisotopic (exact) mass is 308 g/mol. The van der Waals surface area contributed by atoms with E-state index in [1.54, 1.807) is 6.92 Å². The Hall–Kier alpha value is 0.300. The highest BCUT2D eigenvalue weighted by atomic mass is 35.6. The Morgan fingerprint density at radius 2 is 1.35 bits per heavy atom. The summed E-state index contributed by atoms with van der Waals surface area (Å²) in [6.45, 7) is 11.8. The maximum atomic E-state index is 9.82. The molecular formula is C11H23Cl3O3. The Labute approximate surface area is 120 Å². The number of hydrogen-bond acceptors (Lipinski definition) is 3. The lowest BCUT2D eigenvalue weighted by molar-refractivity contribution is -0.140. The molecule has 0 aliphatic rings. The van der Waals surface area contributed by atoms with Crippen LogP contribution in [0, 0.1) is 0 Å². The van der Waals surface area contributed by atoms with Gasteiger partial charge in [0.25, 0.3) is 0 Å². The van der Waals surface area contributed by atoms with Gasteiger partial charge in [0.05, 0.1) is 18.8 Å². The van der Waals surface area contributed by atoms with Crippen LogP contribution in [0.15, 0.2) is 0 Å². The highest BCUT2D eigenvalue weighted by molar-refractivity contribution is 6.63. The second-order valence-electron chi connectivity index (χ2n) is 3.41. The van der Waals surface area contributed by atoms with Crippen molar-refractivity contribution in [2.24, 2.45) is 0 Å². The summed E-state index contributed by atoms with van der Waals surface area (Å²) in [4.78, 5) is 9.82. The first-order chi connectivity index (χ1) is 7.63. The molecule has 0 saturated heterocycles. The third-order valence-electron chi connectivity index (χ3n) is 0.892. The standard InChI is InChI=1S/C6H14O.C4H8O2.CHCl3/c1-5(2)7-6(3)4;1-3-6-4(2)5;2-1(3)4/h5-6H,1-4H3;3H2,1-2H3;1H. The lowest BCUT2D eigenvalue weighted by Gasteiger charge is -2.09. The van der Waals surface area contributed by atoms with Crippen LogP contribution >= 0.6 is 34.8 Å². The molecule has 0 N–H and O–H groups in total. The van der Waals surface area contributed by atoms with E-state index in [-0.39, 0.29) is 5.97 Å². The molecular weight excluding hydrogens is 286 g/mol. The average Bonchev–Trinajstić information content (AvgIpc) is 1.99. The van der Waals surface area contributed by atoms with E-state index in [9.17, 15) is 4.79 Å². The van der Waals surface area contributed by atoms with Crippen molar-refractivity contribution in [3.63, 3.8) is 0 Å². The molecule has 0 rings (SSSR count). The van der Waals surface area contributed by atoms with Gasteiger partial charge in [-0.25, -0.2) is 0 Å². The molecule has 0 heterocycles. The number of hydrogen-bond donors (Lipinski definition) is 0. The molecule has 0 aromatic carbocycles. The van der Waals surface area contributed by atoms with Crippen LogP contribution in [0.5, 0.6) is 0 Å². The third kappa shape index (κ3) is 62.5. The van der Waals surface area contributed by atoms with Crippen LogP contribution < -0.4 is 0 Å². The minimum Gasteiger partial charge on any atom is -0.466 e. The Bertz CT molecular complexity index is 153. The normalized spacial score (nSPS) is 9.41. The first kappa shape index (κ1) is 22.5. The van der Waals surface area contributed by atoms with E-state index in [0.717, 1.165) is 0 Å². The average molecular weight is 310 g/mol. The van der Waals surface area contributed by atoms with Crippen LogP contribution in [0.4, 0.5) is 0 Å². The van der Waals surface area contributed by atoms with Crippen molar-refractivity contribution in [2.75, 3.05) is 6.61 Å². The Balaban J connectivity index is -0.000000180. The fourth-order valence-corrected chi connectivity index (χ4v) is 0.748. The van der Waals surface area contributed by atoms with E-state index in [4.69, 9.17) is 39.5 Å². The summed E-state index contributed by atoms with van der Waals surface area (Å²) in [6.07, 6.45) is 0.750. The Morgan fingerprint density at radius 3 is 1.35 bits per heavy atom. The predicted octanol–water partition coefficient (Wildman–Crippen LogP) is 4.38. The number of rotatable bonds is 3. The maximum Gasteiger partial charge on any atom is 0.302 e. The number of carbonyl (C=O) groups excluding carboxylic acids is 1. The van der Waals surface area contributed by atoms with Crippen LogP contribution in [0.2, 0.25) is 0 Å². The number of alkyl halides is 3. The molecule has 6 heteroatoms. The van der Waals surface area contributed by atoms with Crippen molar-refractivity contribution in [2.45, 2.75) is 58.0 Å². The minimum atomic E-state index is -0.750. The second-order valence-corrected chi connectivity index (χ2v) is 5.39. The third-order valence-corrected chi connectivity index (χ3v) is 0.892. The molecule has 0 aliphatic heterocycles. The second kappa shape index (κ2) is 16.3. The summed E-state index contributed by atoms with van der Waals surface area (Å²) in [7, 11) is 0. The van der Waals surface area contributed by atoms with Gasteiger partial charge in [-0.15, -0.1) is 0 Å². The molecule has 0 bridgehead atoms. The maximum absolute atomic E-state index is 9.82. The van der Waals surface area contributed by atoms with E-state index in [2.05, 4.69) is 4.74 Å². The van der Waals surface area contributed by atoms with Gasteiger partial charge < -0.3 is 9.47 Å². The number of esters is 1. The van der Waals surface area contributed by atoms with Gasteiger partial charge in [0.2, 0.25) is 0 Å². The number of halogens is 3. The fraction of sp³-hybridized carbons (Fsp3) is 0.909. The van der Waals surface area contributed by atoms with Gasteiger partial charge in [0.15, 0.2) is 4.30 Å². The molecule has 0 aliphatic carbocycles. The van der Waals surface area contributed by atoms with Gasteiger partial charge in [-0.2, -0.15) is 0 Å². The predicted molar refractivity (Wildman–Crippen MR) is 75.0 cm³/mol. The molecule has 3 nitrogen and oxygen atoms in total. The first-order valence-corrected chi connectivity index (χ1v) is 6.65. The minimum absolute atomic E-state index is 0.211. The van der Waals surface area contributed by atoms with Crippen LogP contribution in [-0.2, 0) is 14.3 Å². The Kier molecular flexibility index (Phi) is 21.6. The highest BCUT2D eigenvalue weighted by Gasteiger charge is 1.94. The summed E-state index contributed by atoms with van der Waals surface area (Å²) in [5, 5.41) is 0. The van der Waals surface area contributed by atoms with Crippen LogP contribution in [-0.4, -0.2) is 29.1 Å². The molecule has 0 aromatic heterocycles. The van der Waals surface area contributed by atoms with E-state index >= 15 is 0 Å². The lowest BCUT2D eigenvalue weighted by Crippen LogP contribution is -2.09. The van der Waals surface area contributed by atoms with Gasteiger partial charge in [-0.05, 0) is 34.6 Å². The smallest absolute Gasteiger partial charge is 0.302 e. The first-order valence-electron chi connectivity index (χ1n) is 5.34. The van der Waals surface area contributed by atoms with E-state index in [1.165, 1.54) is 6.92 Å². The van der Waals surface area contributed by atoms with Crippen molar-refractivity contribution in [3.05, 3.63) is 0 Å². The summed E-state index contributed by atoms with van der Waals surface area (Å²) in [6, 6.07) is 0. The van der Waals surface area contributed by atoms with Gasteiger partial charge in [-0.3, -0.25) is 4.79 Å². The van der Waals surface area contributed by atoms with E-state index < -0.39 is 4.30 Å². The van der Waals surface area contributed by atoms with Crippen molar-refractivity contribution in [1.29, 1.82) is 0 Å². The van der Waals surface area contributed by atoms with Gasteiger partial charge in [0, 0.05) is 6.92 Å². The van der Waals surface area contributed by atoms with Crippen molar-refractivity contribution in [3.8, 4) is 0 Å². The molecule has 0 aromatic rings. The van der Waals surface area contributed by atoms with Crippen molar-refractivity contribution < 1.29 is 14.3 Å². The topological polar surface area (TPSA) is 35.5 Å². The summed E-state index contributed by atoms with van der Waals surface area (Å²) < 4.78 is 8.90. The Morgan fingerprint density at radius 1 is 1.06 bits per heavy atom. The van der Waals surface area contributed by atoms with E-state index in [0.29, 0.717) is 18.8 Å². The van der Waals surface area contributed by atoms with Gasteiger partial charge in [0.1, 0.15) is 0 Å². The molecule has 0 spiro atoms. The molecule has 0 unspecified atom stereocenters. The number of carbonyl (C=O) groups is 1. The van der Waals surface area contributed by atoms with Crippen molar-refractivity contribution in [1.82, 2.24) is 0 Å². The molecule has 106 valence electrons. The zero-order valence-corrected chi connectivity index (χ0v) is 13.6. The zero-order valence-electron chi connectivity index (χ0n) is 11.3. The van der Waals surface area contributed by atoms with Crippen LogP contribution in [0.3, 0.4) is 0 Å². The lowest BCUT2D eigenvalue weighted by atomic mass is 10.4. The van der Waals surface area contributed by atoms with Crippen LogP contribution in [0.1, 0.15) is 41.5 Å². The summed E-state index contributed by atoms with van der Waals surface area (Å²) in [5.41, 5.74) is 0. The highest BCUT2D eigenvalue weighted by Crippen LogP contribution is 2.03. The quantitative estimate of drug-likeness (QED) is 0.573. The van der Waals surface area contributed by atoms with E-state index in [1.807, 2.05) is 27.7 Å². The van der Waals surface area contributed by atoms with Gasteiger partial charge in [-0.1, -0.05) is 34.8 Å². The molecule has 0 fully saturated rings. The SMILES string of the molecule is CC(C)OC(C)C.CCOC(C)=O.ClC(Cl)Cl. The number of ether oxygens (including phenoxy) is 2. The molecule has 0 amide bonds. The fourth-order valence-electron chi connectivity index (χ4n) is 0.748. The largest absolute Gasteiger partial charge is 0.466 e. The summed E-state index contributed by atoms with van der Waals surface area (Å²) >= 11 is 14.4. The zero-order chi connectivity index (χ0) is 14.4. The molecule has 0 atom stereocenters. The van der Waals surface area contributed by atoms with Gasteiger partial charge >= 0.3 is 5.97 Å². The van der Waals surface area contributed by atoms with Crippen LogP contribution in [0.25, 0.3) is 0 Å². The molecule has 0 saturated carbocycles. The molecule has 0 radical (unpaired) electrons. The van der Waals surface area contributed by atoms with Crippen molar-refractivity contribution >= 4 is 40.8 Å². The molecule has 17 heavy (non-hydrogen) atoms.